The smallest absolute Gasteiger partial charge is 0.0700 e. The van der Waals surface area contributed by atoms with Crippen molar-refractivity contribution in [2.75, 3.05) is 26.4 Å². The van der Waals surface area contributed by atoms with Crippen LogP contribution >= 0.6 is 0 Å². The Labute approximate surface area is 172 Å². The Balaban J connectivity index is 2.95. The highest BCUT2D eigenvalue weighted by Gasteiger charge is 1.95. The van der Waals surface area contributed by atoms with Crippen molar-refractivity contribution in [2.45, 2.75) is 136 Å². The predicted octanol–water partition coefficient (Wildman–Crippen LogP) is 8.47. The van der Waals surface area contributed by atoms with Gasteiger partial charge in [0, 0.05) is 13.2 Å². The molecule has 0 N–H and O–H groups in total. The fraction of sp³-hybridized carbons (Fsp3) is 1.00. The van der Waals surface area contributed by atoms with E-state index < -0.39 is 0 Å². The molecule has 0 saturated carbocycles. The summed E-state index contributed by atoms with van der Waals surface area (Å²) in [5.41, 5.74) is 0. The first-order chi connectivity index (χ1) is 13.4. The van der Waals surface area contributed by atoms with Gasteiger partial charge in [-0.15, -0.1) is 0 Å². The first-order valence-electron chi connectivity index (χ1n) is 12.6. The van der Waals surface area contributed by atoms with Crippen molar-refractivity contribution in [1.29, 1.82) is 0 Å². The molecule has 0 amide bonds. The molecule has 0 bridgehead atoms. The van der Waals surface area contributed by atoms with Gasteiger partial charge in [-0.1, -0.05) is 123 Å². The van der Waals surface area contributed by atoms with E-state index in [1.165, 1.54) is 122 Å². The summed E-state index contributed by atoms with van der Waals surface area (Å²) in [4.78, 5) is 0. The van der Waals surface area contributed by atoms with Crippen molar-refractivity contribution in [2.24, 2.45) is 0 Å². The lowest BCUT2D eigenvalue weighted by Crippen LogP contribution is -2.06. The molecule has 0 atom stereocenters. The lowest BCUT2D eigenvalue weighted by molar-refractivity contribution is 0.0448. The third-order valence-corrected chi connectivity index (χ3v) is 5.41. The average Bonchev–Trinajstić information content (AvgIpc) is 2.68. The topological polar surface area (TPSA) is 18.5 Å². The molecule has 0 aromatic carbocycles. The van der Waals surface area contributed by atoms with E-state index >= 15 is 0 Å². The highest BCUT2D eigenvalue weighted by atomic mass is 16.5. The summed E-state index contributed by atoms with van der Waals surface area (Å²) in [7, 11) is 0. The average molecular weight is 385 g/mol. The Morgan fingerprint density at radius 3 is 0.852 bits per heavy atom. The Morgan fingerprint density at radius 1 is 0.296 bits per heavy atom. The SMILES string of the molecule is CCCCCCCCCCCCCOCCOCCCCCCCCCC. The van der Waals surface area contributed by atoms with Crippen LogP contribution in [0.25, 0.3) is 0 Å². The van der Waals surface area contributed by atoms with Gasteiger partial charge in [-0.2, -0.15) is 0 Å². The first kappa shape index (κ1) is 26.9. The lowest BCUT2D eigenvalue weighted by atomic mass is 10.1. The van der Waals surface area contributed by atoms with E-state index in [1.807, 2.05) is 0 Å². The molecular formula is C25H52O2. The van der Waals surface area contributed by atoms with Crippen molar-refractivity contribution in [3.05, 3.63) is 0 Å². The van der Waals surface area contributed by atoms with Crippen LogP contribution in [0.4, 0.5) is 0 Å². The molecule has 0 aromatic heterocycles. The van der Waals surface area contributed by atoms with Gasteiger partial charge in [0.25, 0.3) is 0 Å². The molecule has 0 rings (SSSR count). The molecule has 2 heteroatoms. The highest BCUT2D eigenvalue weighted by Crippen LogP contribution is 2.11. The Morgan fingerprint density at radius 2 is 0.556 bits per heavy atom. The predicted molar refractivity (Wildman–Crippen MR) is 121 cm³/mol. The van der Waals surface area contributed by atoms with Crippen molar-refractivity contribution in [3.63, 3.8) is 0 Å². The van der Waals surface area contributed by atoms with E-state index in [4.69, 9.17) is 9.47 Å². The number of hydrogen-bond donors (Lipinski definition) is 0. The van der Waals surface area contributed by atoms with Crippen molar-refractivity contribution < 1.29 is 9.47 Å². The molecule has 0 aliphatic carbocycles. The largest absolute Gasteiger partial charge is 0.379 e. The molecule has 0 spiro atoms. The van der Waals surface area contributed by atoms with Gasteiger partial charge in [0.05, 0.1) is 13.2 Å². The van der Waals surface area contributed by atoms with Crippen molar-refractivity contribution in [1.82, 2.24) is 0 Å². The second-order valence-electron chi connectivity index (χ2n) is 8.24. The van der Waals surface area contributed by atoms with Crippen LogP contribution in [0.5, 0.6) is 0 Å². The van der Waals surface area contributed by atoms with E-state index in [9.17, 15) is 0 Å². The molecule has 0 unspecified atom stereocenters. The maximum Gasteiger partial charge on any atom is 0.0700 e. The molecule has 0 radical (unpaired) electrons. The Kier molecular flexibility index (Phi) is 25.8. The Hall–Kier alpha value is -0.0800. The maximum absolute atomic E-state index is 5.67. The highest BCUT2D eigenvalue weighted by molar-refractivity contribution is 4.48. The van der Waals surface area contributed by atoms with Crippen molar-refractivity contribution >= 4 is 0 Å². The quantitative estimate of drug-likeness (QED) is 0.155. The van der Waals surface area contributed by atoms with Gasteiger partial charge in [-0.05, 0) is 12.8 Å². The molecule has 0 heterocycles. The van der Waals surface area contributed by atoms with Crippen LogP contribution in [-0.4, -0.2) is 26.4 Å². The van der Waals surface area contributed by atoms with Gasteiger partial charge in [-0.3, -0.25) is 0 Å². The zero-order chi connectivity index (χ0) is 19.7. The van der Waals surface area contributed by atoms with Crippen molar-refractivity contribution in [3.8, 4) is 0 Å². The van der Waals surface area contributed by atoms with Gasteiger partial charge in [-0.25, -0.2) is 0 Å². The number of rotatable bonds is 24. The zero-order valence-electron chi connectivity index (χ0n) is 19.1. The maximum atomic E-state index is 5.67. The summed E-state index contributed by atoms with van der Waals surface area (Å²) < 4.78 is 11.3. The molecule has 27 heavy (non-hydrogen) atoms. The normalized spacial score (nSPS) is 11.3. The fourth-order valence-electron chi connectivity index (χ4n) is 3.53. The summed E-state index contributed by atoms with van der Waals surface area (Å²) in [6.45, 7) is 7.94. The minimum atomic E-state index is 0.772. The number of ether oxygens (including phenoxy) is 2. The van der Waals surface area contributed by atoms with Crippen LogP contribution < -0.4 is 0 Å². The van der Waals surface area contributed by atoms with Crippen LogP contribution in [-0.2, 0) is 9.47 Å². The van der Waals surface area contributed by atoms with E-state index in [2.05, 4.69) is 13.8 Å². The van der Waals surface area contributed by atoms with Crippen LogP contribution in [0.2, 0.25) is 0 Å². The van der Waals surface area contributed by atoms with Crippen LogP contribution in [0.3, 0.4) is 0 Å². The van der Waals surface area contributed by atoms with Crippen LogP contribution in [0, 0.1) is 0 Å². The monoisotopic (exact) mass is 384 g/mol. The van der Waals surface area contributed by atoms with Gasteiger partial charge in [0.1, 0.15) is 0 Å². The number of hydrogen-bond acceptors (Lipinski definition) is 2. The van der Waals surface area contributed by atoms with Gasteiger partial charge in [0.2, 0.25) is 0 Å². The summed E-state index contributed by atoms with van der Waals surface area (Å²) in [5.74, 6) is 0. The van der Waals surface area contributed by atoms with Crippen LogP contribution in [0.15, 0.2) is 0 Å². The van der Waals surface area contributed by atoms with Crippen LogP contribution in [0.1, 0.15) is 136 Å². The lowest BCUT2D eigenvalue weighted by Gasteiger charge is -2.06. The zero-order valence-corrected chi connectivity index (χ0v) is 19.1. The summed E-state index contributed by atoms with van der Waals surface area (Å²) in [5, 5.41) is 0. The van der Waals surface area contributed by atoms with Gasteiger partial charge in [0.15, 0.2) is 0 Å². The van der Waals surface area contributed by atoms with E-state index in [0.717, 1.165) is 26.4 Å². The second-order valence-corrected chi connectivity index (χ2v) is 8.24. The van der Waals surface area contributed by atoms with E-state index in [0.29, 0.717) is 0 Å². The third kappa shape index (κ3) is 25.9. The first-order valence-corrected chi connectivity index (χ1v) is 12.6. The van der Waals surface area contributed by atoms with E-state index in [-0.39, 0.29) is 0 Å². The fourth-order valence-corrected chi connectivity index (χ4v) is 3.53. The standard InChI is InChI=1S/C25H52O2/c1-3-5-7-9-11-13-14-15-17-19-21-23-27-25-24-26-22-20-18-16-12-10-8-6-4-2/h3-25H2,1-2H3. The molecule has 0 aliphatic heterocycles. The second kappa shape index (κ2) is 25.9. The molecule has 0 fully saturated rings. The molecule has 164 valence electrons. The number of unbranched alkanes of at least 4 members (excludes halogenated alkanes) is 17. The molecule has 0 saturated heterocycles. The van der Waals surface area contributed by atoms with E-state index in [1.54, 1.807) is 0 Å². The minimum absolute atomic E-state index is 0.772. The Bertz CT molecular complexity index is 218. The third-order valence-electron chi connectivity index (χ3n) is 5.41. The molecule has 2 nitrogen and oxygen atoms in total. The van der Waals surface area contributed by atoms with Gasteiger partial charge < -0.3 is 9.47 Å². The molecule has 0 aromatic rings. The molecular weight excluding hydrogens is 332 g/mol. The molecule has 0 aliphatic rings. The van der Waals surface area contributed by atoms with Gasteiger partial charge >= 0.3 is 0 Å². The summed E-state index contributed by atoms with van der Waals surface area (Å²) >= 11 is 0. The minimum Gasteiger partial charge on any atom is -0.379 e. The summed E-state index contributed by atoms with van der Waals surface area (Å²) in [6, 6.07) is 0. The summed E-state index contributed by atoms with van der Waals surface area (Å²) in [6.07, 6.45) is 26.2.